The van der Waals surface area contributed by atoms with Gasteiger partial charge in [0.05, 0.1) is 17.8 Å². The minimum Gasteiger partial charge on any atom is -0.381 e. The minimum atomic E-state index is -0.177. The highest BCUT2D eigenvalue weighted by atomic mass is 16.5. The molecule has 4 rings (SSSR count). The third-order valence-electron chi connectivity index (χ3n) is 5.62. The zero-order valence-corrected chi connectivity index (χ0v) is 13.7. The van der Waals surface area contributed by atoms with Crippen LogP contribution >= 0.6 is 0 Å². The average Bonchev–Trinajstić information content (AvgIpc) is 3.39. The van der Waals surface area contributed by atoms with Gasteiger partial charge in [-0.25, -0.2) is 0 Å². The smallest absolute Gasteiger partial charge is 0.229 e. The number of pyridine rings is 1. The summed E-state index contributed by atoms with van der Waals surface area (Å²) in [5, 5.41) is 2.98. The van der Waals surface area contributed by atoms with Crippen LogP contribution in [0.5, 0.6) is 0 Å². The Kier molecular flexibility index (Phi) is 4.00. The van der Waals surface area contributed by atoms with Crippen LogP contribution < -0.4 is 5.32 Å². The molecule has 1 unspecified atom stereocenters. The van der Waals surface area contributed by atoms with Crippen LogP contribution in [0.4, 0.5) is 5.69 Å². The molecular formula is C18H23N3O3. The lowest BCUT2D eigenvalue weighted by Gasteiger charge is -2.37. The first-order chi connectivity index (χ1) is 11.7. The second kappa shape index (κ2) is 6.16. The van der Waals surface area contributed by atoms with Gasteiger partial charge < -0.3 is 15.0 Å². The van der Waals surface area contributed by atoms with Gasteiger partial charge in [-0.15, -0.1) is 0 Å². The summed E-state index contributed by atoms with van der Waals surface area (Å²) in [6.45, 7) is 2.56. The van der Waals surface area contributed by atoms with Gasteiger partial charge in [0, 0.05) is 43.8 Å². The van der Waals surface area contributed by atoms with Crippen molar-refractivity contribution < 1.29 is 14.3 Å². The molecule has 6 heteroatoms. The van der Waals surface area contributed by atoms with E-state index in [-0.39, 0.29) is 29.1 Å². The molecule has 0 aromatic carbocycles. The lowest BCUT2D eigenvalue weighted by molar-refractivity contribution is -0.132. The highest BCUT2D eigenvalue weighted by Crippen LogP contribution is 2.46. The van der Waals surface area contributed by atoms with Gasteiger partial charge in [0.25, 0.3) is 0 Å². The summed E-state index contributed by atoms with van der Waals surface area (Å²) in [4.78, 5) is 31.4. The zero-order chi connectivity index (χ0) is 16.6. The van der Waals surface area contributed by atoms with Crippen LogP contribution in [0, 0.1) is 17.3 Å². The van der Waals surface area contributed by atoms with E-state index >= 15 is 0 Å². The molecule has 3 aliphatic rings. The van der Waals surface area contributed by atoms with Crippen LogP contribution in [0.15, 0.2) is 24.5 Å². The van der Waals surface area contributed by atoms with E-state index in [0.29, 0.717) is 32.0 Å². The highest BCUT2D eigenvalue weighted by molar-refractivity contribution is 5.94. The maximum Gasteiger partial charge on any atom is 0.229 e. The molecule has 1 aliphatic carbocycles. The van der Waals surface area contributed by atoms with Gasteiger partial charge in [0.1, 0.15) is 0 Å². The fourth-order valence-electron chi connectivity index (χ4n) is 4.04. The molecule has 0 bridgehead atoms. The molecule has 128 valence electrons. The molecule has 1 aromatic heterocycles. The number of aromatic nitrogens is 1. The van der Waals surface area contributed by atoms with Crippen LogP contribution in [-0.4, -0.2) is 48.0 Å². The Labute approximate surface area is 141 Å². The Morgan fingerprint density at radius 2 is 2.08 bits per heavy atom. The van der Waals surface area contributed by atoms with Crippen LogP contribution in [-0.2, 0) is 14.3 Å². The van der Waals surface area contributed by atoms with E-state index in [0.717, 1.165) is 25.7 Å². The molecule has 1 atom stereocenters. The van der Waals surface area contributed by atoms with Crippen molar-refractivity contribution >= 4 is 17.5 Å². The van der Waals surface area contributed by atoms with Crippen LogP contribution in [0.25, 0.3) is 0 Å². The fourth-order valence-corrected chi connectivity index (χ4v) is 4.04. The van der Waals surface area contributed by atoms with Crippen molar-refractivity contribution in [3.05, 3.63) is 24.5 Å². The fraction of sp³-hybridized carbons (Fsp3) is 0.611. The van der Waals surface area contributed by atoms with Crippen molar-refractivity contribution in [3.63, 3.8) is 0 Å². The standard InChI is InChI=1S/C18H23N3O3/c22-16(20-14-2-1-7-19-10-14)15-11-21(17(23)13-3-4-13)12-18(15)5-8-24-9-6-18/h1-2,7,10,13,15H,3-6,8-9,11-12H2,(H,20,22). The van der Waals surface area contributed by atoms with Crippen LogP contribution in [0.1, 0.15) is 25.7 Å². The van der Waals surface area contributed by atoms with E-state index in [1.165, 1.54) is 0 Å². The number of hydrogen-bond donors (Lipinski definition) is 1. The lowest BCUT2D eigenvalue weighted by atomic mass is 9.71. The van der Waals surface area contributed by atoms with E-state index in [4.69, 9.17) is 4.74 Å². The summed E-state index contributed by atoms with van der Waals surface area (Å²) >= 11 is 0. The number of likely N-dealkylation sites (tertiary alicyclic amines) is 1. The number of amides is 2. The van der Waals surface area contributed by atoms with Gasteiger partial charge in [-0.2, -0.15) is 0 Å². The molecule has 2 saturated heterocycles. The molecule has 0 radical (unpaired) electrons. The third kappa shape index (κ3) is 2.90. The van der Waals surface area contributed by atoms with E-state index < -0.39 is 0 Å². The molecule has 1 aromatic rings. The highest BCUT2D eigenvalue weighted by Gasteiger charge is 2.53. The molecule has 2 amide bonds. The second-order valence-electron chi connectivity index (χ2n) is 7.25. The predicted octanol–water partition coefficient (Wildman–Crippen LogP) is 1.69. The summed E-state index contributed by atoms with van der Waals surface area (Å²) < 4.78 is 5.51. The van der Waals surface area contributed by atoms with Crippen molar-refractivity contribution in [2.75, 3.05) is 31.6 Å². The zero-order valence-electron chi connectivity index (χ0n) is 13.7. The van der Waals surface area contributed by atoms with Crippen molar-refractivity contribution in [2.24, 2.45) is 17.3 Å². The number of anilines is 1. The Morgan fingerprint density at radius 3 is 2.75 bits per heavy atom. The van der Waals surface area contributed by atoms with E-state index in [1.54, 1.807) is 18.5 Å². The van der Waals surface area contributed by atoms with Crippen molar-refractivity contribution in [2.45, 2.75) is 25.7 Å². The maximum atomic E-state index is 12.9. The SMILES string of the molecule is O=C(Nc1cccnc1)C1CN(C(=O)C2CC2)CC12CCOCC2. The van der Waals surface area contributed by atoms with Crippen molar-refractivity contribution in [3.8, 4) is 0 Å². The summed E-state index contributed by atoms with van der Waals surface area (Å²) in [7, 11) is 0. The first-order valence-electron chi connectivity index (χ1n) is 8.75. The van der Waals surface area contributed by atoms with Crippen LogP contribution in [0.2, 0.25) is 0 Å². The molecule has 3 heterocycles. The number of hydrogen-bond acceptors (Lipinski definition) is 4. The maximum absolute atomic E-state index is 12.9. The number of carbonyl (C=O) groups is 2. The molecule has 3 fully saturated rings. The van der Waals surface area contributed by atoms with Gasteiger partial charge in [-0.3, -0.25) is 14.6 Å². The van der Waals surface area contributed by atoms with Gasteiger partial charge in [-0.1, -0.05) is 0 Å². The Morgan fingerprint density at radius 1 is 1.29 bits per heavy atom. The normalized spacial score (nSPS) is 25.7. The minimum absolute atomic E-state index is 0.00371. The number of rotatable bonds is 3. The Balaban J connectivity index is 1.53. The van der Waals surface area contributed by atoms with E-state index in [9.17, 15) is 9.59 Å². The van der Waals surface area contributed by atoms with Crippen molar-refractivity contribution in [1.29, 1.82) is 0 Å². The number of nitrogens with zero attached hydrogens (tertiary/aromatic N) is 2. The van der Waals surface area contributed by atoms with Gasteiger partial charge >= 0.3 is 0 Å². The lowest BCUT2D eigenvalue weighted by Crippen LogP contribution is -2.42. The molecular weight excluding hydrogens is 306 g/mol. The summed E-state index contributed by atoms with van der Waals surface area (Å²) in [5.41, 5.74) is 0.562. The molecule has 1 saturated carbocycles. The quantitative estimate of drug-likeness (QED) is 0.916. The largest absolute Gasteiger partial charge is 0.381 e. The molecule has 6 nitrogen and oxygen atoms in total. The van der Waals surface area contributed by atoms with Crippen LogP contribution in [0.3, 0.4) is 0 Å². The van der Waals surface area contributed by atoms with Crippen molar-refractivity contribution in [1.82, 2.24) is 9.88 Å². The molecule has 1 spiro atoms. The third-order valence-corrected chi connectivity index (χ3v) is 5.62. The first kappa shape index (κ1) is 15.6. The van der Waals surface area contributed by atoms with Gasteiger partial charge in [-0.05, 0) is 37.8 Å². The monoisotopic (exact) mass is 329 g/mol. The number of nitrogens with one attached hydrogen (secondary N) is 1. The summed E-state index contributed by atoms with van der Waals surface area (Å²) in [6, 6.07) is 3.64. The topological polar surface area (TPSA) is 71.5 Å². The first-order valence-corrected chi connectivity index (χ1v) is 8.75. The van der Waals surface area contributed by atoms with Gasteiger partial charge in [0.15, 0.2) is 0 Å². The summed E-state index contributed by atoms with van der Waals surface area (Å²) in [5.74, 6) is 0.250. The second-order valence-corrected chi connectivity index (χ2v) is 7.25. The molecule has 1 N–H and O–H groups in total. The molecule has 24 heavy (non-hydrogen) atoms. The van der Waals surface area contributed by atoms with E-state index in [2.05, 4.69) is 10.3 Å². The summed E-state index contributed by atoms with van der Waals surface area (Å²) in [6.07, 6.45) is 7.01. The Bertz CT molecular complexity index is 624. The number of carbonyl (C=O) groups excluding carboxylic acids is 2. The number of ether oxygens (including phenoxy) is 1. The van der Waals surface area contributed by atoms with Gasteiger partial charge in [0.2, 0.25) is 11.8 Å². The predicted molar refractivity (Wildman–Crippen MR) is 88.1 cm³/mol. The Hall–Kier alpha value is -1.95. The molecule has 2 aliphatic heterocycles. The van der Waals surface area contributed by atoms with E-state index in [1.807, 2.05) is 11.0 Å². The average molecular weight is 329 g/mol.